The summed E-state index contributed by atoms with van der Waals surface area (Å²) >= 11 is 9.16. The van der Waals surface area contributed by atoms with Crippen LogP contribution in [0.15, 0.2) is 39.5 Å². The van der Waals surface area contributed by atoms with Crippen LogP contribution in [-0.4, -0.2) is 5.16 Å². The highest BCUT2D eigenvalue weighted by Crippen LogP contribution is 2.28. The first-order valence-corrected chi connectivity index (χ1v) is 4.80. The second-order valence-electron chi connectivity index (χ2n) is 2.52. The van der Waals surface area contributed by atoms with Crippen LogP contribution in [0, 0.1) is 0 Å². The van der Waals surface area contributed by atoms with Crippen molar-refractivity contribution in [2.75, 3.05) is 0 Å². The highest BCUT2D eigenvalue weighted by atomic mass is 79.9. The predicted molar refractivity (Wildman–Crippen MR) is 54.6 cm³/mol. The standard InChI is InChI=1S/C9H5BrClNO/c10-7-3-1-2-6(4-7)8-5-12-13-9(8)11/h1-5H. The fourth-order valence-electron chi connectivity index (χ4n) is 1.07. The Morgan fingerprint density at radius 1 is 1.38 bits per heavy atom. The van der Waals surface area contributed by atoms with E-state index in [9.17, 15) is 0 Å². The van der Waals surface area contributed by atoms with Gasteiger partial charge in [0.2, 0.25) is 5.22 Å². The van der Waals surface area contributed by atoms with Gasteiger partial charge in [-0.15, -0.1) is 0 Å². The van der Waals surface area contributed by atoms with E-state index in [1.54, 1.807) is 6.20 Å². The second kappa shape index (κ2) is 3.52. The van der Waals surface area contributed by atoms with Crippen molar-refractivity contribution in [3.8, 4) is 11.1 Å². The van der Waals surface area contributed by atoms with Gasteiger partial charge < -0.3 is 4.52 Å². The number of aromatic nitrogens is 1. The van der Waals surface area contributed by atoms with Gasteiger partial charge in [0.1, 0.15) is 0 Å². The number of halogens is 2. The van der Waals surface area contributed by atoms with Gasteiger partial charge in [0, 0.05) is 4.47 Å². The molecule has 1 heterocycles. The zero-order valence-corrected chi connectivity index (χ0v) is 8.84. The van der Waals surface area contributed by atoms with E-state index in [1.165, 1.54) is 0 Å². The lowest BCUT2D eigenvalue weighted by Crippen LogP contribution is -1.74. The highest BCUT2D eigenvalue weighted by molar-refractivity contribution is 9.10. The van der Waals surface area contributed by atoms with Crippen LogP contribution in [0.1, 0.15) is 0 Å². The van der Waals surface area contributed by atoms with E-state index in [1.807, 2.05) is 24.3 Å². The normalized spacial score (nSPS) is 10.3. The molecule has 0 atom stereocenters. The summed E-state index contributed by atoms with van der Waals surface area (Å²) in [5, 5.41) is 3.92. The largest absolute Gasteiger partial charge is 0.344 e. The second-order valence-corrected chi connectivity index (χ2v) is 3.78. The summed E-state index contributed by atoms with van der Waals surface area (Å²) in [5.74, 6) is 0. The molecule has 0 aliphatic carbocycles. The summed E-state index contributed by atoms with van der Waals surface area (Å²) in [6, 6.07) is 7.79. The minimum atomic E-state index is 0.318. The van der Waals surface area contributed by atoms with E-state index in [-0.39, 0.29) is 0 Å². The summed E-state index contributed by atoms with van der Waals surface area (Å²) < 4.78 is 5.76. The molecule has 1 aromatic carbocycles. The van der Waals surface area contributed by atoms with Crippen LogP contribution in [0.3, 0.4) is 0 Å². The van der Waals surface area contributed by atoms with Crippen molar-refractivity contribution in [3.05, 3.63) is 40.2 Å². The summed E-state index contributed by atoms with van der Waals surface area (Å²) in [6.45, 7) is 0. The van der Waals surface area contributed by atoms with E-state index in [2.05, 4.69) is 21.1 Å². The number of hydrogen-bond acceptors (Lipinski definition) is 2. The topological polar surface area (TPSA) is 26.0 Å². The first-order valence-electron chi connectivity index (χ1n) is 3.63. The molecule has 0 aliphatic rings. The molecule has 0 radical (unpaired) electrons. The van der Waals surface area contributed by atoms with Gasteiger partial charge in [0.15, 0.2) is 0 Å². The van der Waals surface area contributed by atoms with E-state index >= 15 is 0 Å². The third kappa shape index (κ3) is 1.76. The molecule has 1 aromatic heterocycles. The summed E-state index contributed by atoms with van der Waals surface area (Å²) in [4.78, 5) is 0. The molecule has 2 aromatic rings. The number of nitrogens with zero attached hydrogens (tertiary/aromatic N) is 1. The van der Waals surface area contributed by atoms with Crippen LogP contribution in [0.4, 0.5) is 0 Å². The Morgan fingerprint density at radius 2 is 2.23 bits per heavy atom. The van der Waals surface area contributed by atoms with Crippen molar-refractivity contribution in [2.45, 2.75) is 0 Å². The maximum absolute atomic E-state index is 5.78. The number of benzene rings is 1. The van der Waals surface area contributed by atoms with Crippen LogP contribution in [0.2, 0.25) is 5.22 Å². The Labute approximate surface area is 88.6 Å². The van der Waals surface area contributed by atoms with Crippen LogP contribution < -0.4 is 0 Å². The highest BCUT2D eigenvalue weighted by Gasteiger charge is 2.07. The van der Waals surface area contributed by atoms with E-state index in [0.717, 1.165) is 15.6 Å². The fourth-order valence-corrected chi connectivity index (χ4v) is 1.67. The van der Waals surface area contributed by atoms with E-state index < -0.39 is 0 Å². The average molecular weight is 259 g/mol. The summed E-state index contributed by atoms with van der Waals surface area (Å²) in [6.07, 6.45) is 1.60. The molecule has 0 unspecified atom stereocenters. The van der Waals surface area contributed by atoms with Crippen molar-refractivity contribution >= 4 is 27.5 Å². The molecular formula is C9H5BrClNO. The Kier molecular flexibility index (Phi) is 2.38. The third-order valence-corrected chi connectivity index (χ3v) is 2.43. The van der Waals surface area contributed by atoms with Gasteiger partial charge in [-0.3, -0.25) is 0 Å². The lowest BCUT2D eigenvalue weighted by molar-refractivity contribution is 0.422. The molecule has 0 spiro atoms. The summed E-state index contributed by atoms with van der Waals surface area (Å²) in [5.41, 5.74) is 1.79. The van der Waals surface area contributed by atoms with Crippen LogP contribution >= 0.6 is 27.5 Å². The predicted octanol–water partition coefficient (Wildman–Crippen LogP) is 3.76. The molecule has 0 aliphatic heterocycles. The lowest BCUT2D eigenvalue weighted by Gasteiger charge is -1.96. The van der Waals surface area contributed by atoms with Crippen molar-refractivity contribution < 1.29 is 4.52 Å². The van der Waals surface area contributed by atoms with Gasteiger partial charge in [0.25, 0.3) is 0 Å². The van der Waals surface area contributed by atoms with Crippen LogP contribution in [-0.2, 0) is 0 Å². The van der Waals surface area contributed by atoms with Gasteiger partial charge in [-0.05, 0) is 29.3 Å². The van der Waals surface area contributed by atoms with Crippen molar-refractivity contribution in [3.63, 3.8) is 0 Å². The van der Waals surface area contributed by atoms with Gasteiger partial charge >= 0.3 is 0 Å². The van der Waals surface area contributed by atoms with Crippen LogP contribution in [0.5, 0.6) is 0 Å². The molecule has 2 rings (SSSR count). The molecule has 0 N–H and O–H groups in total. The molecule has 0 amide bonds. The zero-order valence-electron chi connectivity index (χ0n) is 6.50. The van der Waals surface area contributed by atoms with Gasteiger partial charge in [0.05, 0.1) is 11.8 Å². The molecule has 66 valence electrons. The maximum atomic E-state index is 5.78. The number of hydrogen-bond donors (Lipinski definition) is 0. The smallest absolute Gasteiger partial charge is 0.233 e. The molecule has 13 heavy (non-hydrogen) atoms. The van der Waals surface area contributed by atoms with E-state index in [0.29, 0.717) is 5.22 Å². The molecule has 0 fully saturated rings. The van der Waals surface area contributed by atoms with Crippen molar-refractivity contribution in [1.29, 1.82) is 0 Å². The zero-order chi connectivity index (χ0) is 9.26. The third-order valence-electron chi connectivity index (χ3n) is 1.66. The first kappa shape index (κ1) is 8.78. The van der Waals surface area contributed by atoms with Gasteiger partial charge in [-0.1, -0.05) is 33.2 Å². The molecule has 0 bridgehead atoms. The van der Waals surface area contributed by atoms with Gasteiger partial charge in [-0.25, -0.2) is 0 Å². The summed E-state index contributed by atoms with van der Waals surface area (Å²) in [7, 11) is 0. The Balaban J connectivity index is 2.53. The van der Waals surface area contributed by atoms with Crippen molar-refractivity contribution in [2.24, 2.45) is 0 Å². The van der Waals surface area contributed by atoms with Crippen molar-refractivity contribution in [1.82, 2.24) is 5.16 Å². The minimum absolute atomic E-state index is 0.318. The van der Waals surface area contributed by atoms with Gasteiger partial charge in [-0.2, -0.15) is 0 Å². The Hall–Kier alpha value is -0.800. The Morgan fingerprint density at radius 3 is 2.85 bits per heavy atom. The fraction of sp³-hybridized carbons (Fsp3) is 0. The molecule has 0 saturated carbocycles. The minimum Gasteiger partial charge on any atom is -0.344 e. The first-order chi connectivity index (χ1) is 6.27. The molecule has 0 saturated heterocycles. The van der Waals surface area contributed by atoms with E-state index in [4.69, 9.17) is 16.1 Å². The van der Waals surface area contributed by atoms with Crippen LogP contribution in [0.25, 0.3) is 11.1 Å². The SMILES string of the molecule is Clc1oncc1-c1cccc(Br)c1. The average Bonchev–Trinajstić information content (AvgIpc) is 2.51. The lowest BCUT2D eigenvalue weighted by atomic mass is 10.1. The molecule has 2 nitrogen and oxygen atoms in total. The Bertz CT molecular complexity index is 427. The molecular weight excluding hydrogens is 253 g/mol. The molecule has 4 heteroatoms. The monoisotopic (exact) mass is 257 g/mol. The maximum Gasteiger partial charge on any atom is 0.233 e. The quantitative estimate of drug-likeness (QED) is 0.778. The number of rotatable bonds is 1.